The van der Waals surface area contributed by atoms with Crippen LogP contribution in [0.3, 0.4) is 0 Å². The van der Waals surface area contributed by atoms with Gasteiger partial charge in [0.05, 0.1) is 7.11 Å². The number of piperidine rings is 1. The molecule has 16 heavy (non-hydrogen) atoms. The lowest BCUT2D eigenvalue weighted by atomic mass is 9.98. The molecule has 0 aromatic heterocycles. The molecule has 2 N–H and O–H groups in total. The van der Waals surface area contributed by atoms with Crippen molar-refractivity contribution < 1.29 is 9.53 Å². The van der Waals surface area contributed by atoms with E-state index in [2.05, 4.69) is 10.6 Å². The molecule has 0 aromatic carbocycles. The van der Waals surface area contributed by atoms with E-state index in [1.807, 2.05) is 13.8 Å². The summed E-state index contributed by atoms with van der Waals surface area (Å²) in [4.78, 5) is 11.5. The first kappa shape index (κ1) is 13.5. The van der Waals surface area contributed by atoms with E-state index >= 15 is 0 Å². The van der Waals surface area contributed by atoms with Gasteiger partial charge in [0.1, 0.15) is 6.04 Å². The van der Waals surface area contributed by atoms with E-state index in [1.54, 1.807) is 0 Å². The third-order valence-electron chi connectivity index (χ3n) is 3.15. The third kappa shape index (κ3) is 4.10. The van der Waals surface area contributed by atoms with Crippen LogP contribution >= 0.6 is 0 Å². The van der Waals surface area contributed by atoms with E-state index in [0.717, 1.165) is 19.6 Å². The van der Waals surface area contributed by atoms with Crippen molar-refractivity contribution in [2.45, 2.75) is 32.7 Å². The highest BCUT2D eigenvalue weighted by Crippen LogP contribution is 2.10. The highest BCUT2D eigenvalue weighted by atomic mass is 16.5. The minimum Gasteiger partial charge on any atom is -0.468 e. The molecule has 0 aliphatic carbocycles. The van der Waals surface area contributed by atoms with Crippen LogP contribution in [0.25, 0.3) is 0 Å². The normalized spacial score (nSPS) is 23.1. The molecule has 1 fully saturated rings. The van der Waals surface area contributed by atoms with E-state index < -0.39 is 0 Å². The summed E-state index contributed by atoms with van der Waals surface area (Å²) in [6.07, 6.45) is 2.48. The first-order chi connectivity index (χ1) is 7.65. The monoisotopic (exact) mass is 228 g/mol. The number of carbonyl (C=O) groups excluding carboxylic acids is 1. The molecule has 1 aliphatic rings. The van der Waals surface area contributed by atoms with Crippen LogP contribution in [0.1, 0.15) is 26.7 Å². The average molecular weight is 228 g/mol. The molecule has 0 radical (unpaired) electrons. The van der Waals surface area contributed by atoms with Crippen LogP contribution < -0.4 is 10.6 Å². The molecule has 0 bridgehead atoms. The average Bonchev–Trinajstić information content (AvgIpc) is 2.30. The number of methoxy groups -OCH3 is 1. The first-order valence-corrected chi connectivity index (χ1v) is 6.17. The topological polar surface area (TPSA) is 50.4 Å². The molecule has 0 spiro atoms. The number of carbonyl (C=O) groups is 1. The highest BCUT2D eigenvalue weighted by Gasteiger charge is 2.23. The van der Waals surface area contributed by atoms with E-state index in [9.17, 15) is 4.79 Å². The van der Waals surface area contributed by atoms with Crippen molar-refractivity contribution in [1.29, 1.82) is 0 Å². The summed E-state index contributed by atoms with van der Waals surface area (Å²) in [7, 11) is 1.45. The maximum atomic E-state index is 11.5. The van der Waals surface area contributed by atoms with E-state index in [4.69, 9.17) is 4.74 Å². The van der Waals surface area contributed by atoms with Crippen LogP contribution in [0.4, 0.5) is 0 Å². The second-order valence-corrected chi connectivity index (χ2v) is 4.87. The summed E-state index contributed by atoms with van der Waals surface area (Å²) >= 11 is 0. The Hall–Kier alpha value is -0.610. The van der Waals surface area contributed by atoms with Crippen LogP contribution in [-0.2, 0) is 9.53 Å². The van der Waals surface area contributed by atoms with Crippen molar-refractivity contribution in [3.05, 3.63) is 0 Å². The van der Waals surface area contributed by atoms with Gasteiger partial charge in [-0.1, -0.05) is 13.8 Å². The molecule has 1 aliphatic heterocycles. The van der Waals surface area contributed by atoms with E-state index in [-0.39, 0.29) is 17.9 Å². The van der Waals surface area contributed by atoms with Crippen molar-refractivity contribution in [2.75, 3.05) is 26.7 Å². The largest absolute Gasteiger partial charge is 0.468 e. The Morgan fingerprint density at radius 3 is 2.81 bits per heavy atom. The highest BCUT2D eigenvalue weighted by molar-refractivity contribution is 5.75. The molecule has 4 heteroatoms. The Balaban J connectivity index is 2.34. The van der Waals surface area contributed by atoms with Crippen molar-refractivity contribution >= 4 is 5.97 Å². The van der Waals surface area contributed by atoms with Crippen LogP contribution in [0.2, 0.25) is 0 Å². The van der Waals surface area contributed by atoms with Crippen LogP contribution in [0, 0.1) is 11.8 Å². The van der Waals surface area contributed by atoms with Gasteiger partial charge in [-0.3, -0.25) is 4.79 Å². The molecule has 0 saturated carbocycles. The molecule has 2 unspecified atom stereocenters. The lowest BCUT2D eigenvalue weighted by Crippen LogP contribution is -2.46. The fourth-order valence-electron chi connectivity index (χ4n) is 2.11. The predicted molar refractivity (Wildman–Crippen MR) is 64.2 cm³/mol. The number of hydrogen-bond acceptors (Lipinski definition) is 4. The molecular formula is C12H24N2O2. The minimum absolute atomic E-state index is 0.154. The third-order valence-corrected chi connectivity index (χ3v) is 3.15. The zero-order valence-electron chi connectivity index (χ0n) is 10.6. The zero-order chi connectivity index (χ0) is 12.0. The van der Waals surface area contributed by atoms with Crippen LogP contribution in [0.15, 0.2) is 0 Å². The molecule has 0 aromatic rings. The Kier molecular flexibility index (Phi) is 5.77. The fraction of sp³-hybridized carbons (Fsp3) is 0.917. The second-order valence-electron chi connectivity index (χ2n) is 4.87. The van der Waals surface area contributed by atoms with Crippen LogP contribution in [0.5, 0.6) is 0 Å². The lowest BCUT2D eigenvalue weighted by molar-refractivity contribution is -0.144. The molecule has 1 saturated heterocycles. The smallest absolute Gasteiger partial charge is 0.323 e. The van der Waals surface area contributed by atoms with Crippen molar-refractivity contribution in [3.63, 3.8) is 0 Å². The number of rotatable bonds is 5. The van der Waals surface area contributed by atoms with Gasteiger partial charge in [0.15, 0.2) is 0 Å². The van der Waals surface area contributed by atoms with Gasteiger partial charge < -0.3 is 15.4 Å². The summed E-state index contributed by atoms with van der Waals surface area (Å²) in [5.41, 5.74) is 0. The minimum atomic E-state index is -0.174. The molecule has 2 atom stereocenters. The number of nitrogens with one attached hydrogen (secondary N) is 2. The first-order valence-electron chi connectivity index (χ1n) is 6.17. The van der Waals surface area contributed by atoms with Gasteiger partial charge >= 0.3 is 5.97 Å². The SMILES string of the molecule is COC(=O)C(NCC1CCCNC1)C(C)C. The Morgan fingerprint density at radius 2 is 2.31 bits per heavy atom. The standard InChI is InChI=1S/C12H24N2O2/c1-9(2)11(12(15)16-3)14-8-10-5-4-6-13-7-10/h9-11,13-14H,4-8H2,1-3H3. The fourth-order valence-corrected chi connectivity index (χ4v) is 2.11. The Morgan fingerprint density at radius 1 is 1.56 bits per heavy atom. The van der Waals surface area contributed by atoms with Crippen molar-refractivity contribution in [3.8, 4) is 0 Å². The quantitative estimate of drug-likeness (QED) is 0.683. The van der Waals surface area contributed by atoms with Gasteiger partial charge in [-0.2, -0.15) is 0 Å². The molecule has 4 nitrogen and oxygen atoms in total. The van der Waals surface area contributed by atoms with Gasteiger partial charge in [-0.05, 0) is 44.3 Å². The van der Waals surface area contributed by atoms with Gasteiger partial charge in [0, 0.05) is 0 Å². The van der Waals surface area contributed by atoms with Gasteiger partial charge in [0.2, 0.25) is 0 Å². The van der Waals surface area contributed by atoms with E-state index in [0.29, 0.717) is 5.92 Å². The number of hydrogen-bond donors (Lipinski definition) is 2. The van der Waals surface area contributed by atoms with Crippen molar-refractivity contribution in [2.24, 2.45) is 11.8 Å². The van der Waals surface area contributed by atoms with Crippen LogP contribution in [-0.4, -0.2) is 38.8 Å². The molecule has 0 amide bonds. The summed E-state index contributed by atoms with van der Waals surface area (Å²) in [6.45, 7) is 7.15. The molecule has 1 rings (SSSR count). The van der Waals surface area contributed by atoms with Gasteiger partial charge in [-0.15, -0.1) is 0 Å². The Bertz CT molecular complexity index is 213. The molecular weight excluding hydrogens is 204 g/mol. The maximum absolute atomic E-state index is 11.5. The summed E-state index contributed by atoms with van der Waals surface area (Å²) in [5, 5.41) is 6.70. The molecule has 94 valence electrons. The number of esters is 1. The van der Waals surface area contributed by atoms with Gasteiger partial charge in [0.25, 0.3) is 0 Å². The maximum Gasteiger partial charge on any atom is 0.323 e. The predicted octanol–water partition coefficient (Wildman–Crippen LogP) is 0.773. The zero-order valence-corrected chi connectivity index (χ0v) is 10.6. The summed E-state index contributed by atoms with van der Waals surface area (Å²) < 4.78 is 4.80. The van der Waals surface area contributed by atoms with Crippen molar-refractivity contribution in [1.82, 2.24) is 10.6 Å². The number of ether oxygens (including phenoxy) is 1. The Labute approximate surface area is 98.1 Å². The van der Waals surface area contributed by atoms with E-state index in [1.165, 1.54) is 20.0 Å². The summed E-state index contributed by atoms with van der Waals surface area (Å²) in [6, 6.07) is -0.174. The lowest BCUT2D eigenvalue weighted by Gasteiger charge is -2.26. The second kappa shape index (κ2) is 6.86. The molecule has 1 heterocycles. The summed E-state index contributed by atoms with van der Waals surface area (Å²) in [5.74, 6) is 0.752. The van der Waals surface area contributed by atoms with Gasteiger partial charge in [-0.25, -0.2) is 0 Å².